The first-order valence-corrected chi connectivity index (χ1v) is 9.96. The van der Waals surface area contributed by atoms with E-state index in [9.17, 15) is 9.90 Å². The van der Waals surface area contributed by atoms with Crippen LogP contribution < -0.4 is 4.74 Å². The fourth-order valence-electron chi connectivity index (χ4n) is 2.98. The van der Waals surface area contributed by atoms with Crippen molar-refractivity contribution in [2.45, 2.75) is 13.8 Å². The molecule has 6 heteroatoms. The summed E-state index contributed by atoms with van der Waals surface area (Å²) in [5.74, 6) is 0.502. The summed E-state index contributed by atoms with van der Waals surface area (Å²) in [6, 6.07) is 21.4. The first kappa shape index (κ1) is 20.3. The summed E-state index contributed by atoms with van der Waals surface area (Å²) < 4.78 is 5.63. The van der Waals surface area contributed by atoms with Crippen LogP contribution >= 0.6 is 0 Å². The summed E-state index contributed by atoms with van der Waals surface area (Å²) in [5, 5.41) is 9.18. The molecular weight excluding hydrogens is 390 g/mol. The lowest BCUT2D eigenvalue weighted by atomic mass is 9.95. The van der Waals surface area contributed by atoms with Gasteiger partial charge in [0, 0.05) is 17.3 Å². The van der Waals surface area contributed by atoms with E-state index in [-0.39, 0.29) is 6.61 Å². The van der Waals surface area contributed by atoms with Crippen LogP contribution in [0.2, 0.25) is 0 Å². The van der Waals surface area contributed by atoms with E-state index in [1.54, 1.807) is 20.0 Å². The van der Waals surface area contributed by atoms with Crippen LogP contribution in [0.5, 0.6) is 5.75 Å². The number of carbonyl (C=O) groups is 1. The van der Waals surface area contributed by atoms with Gasteiger partial charge in [-0.05, 0) is 55.8 Å². The molecule has 4 rings (SSSR count). The third kappa shape index (κ3) is 4.64. The molecule has 0 saturated carbocycles. The maximum Gasteiger partial charge on any atom is 0.312 e. The number of hydrogen-bond acceptors (Lipinski definition) is 4. The molecule has 6 nitrogen and oxygen atoms in total. The van der Waals surface area contributed by atoms with E-state index in [0.29, 0.717) is 5.75 Å². The second-order valence-electron chi connectivity index (χ2n) is 7.95. The van der Waals surface area contributed by atoms with Gasteiger partial charge in [0.15, 0.2) is 0 Å². The molecule has 2 heterocycles. The van der Waals surface area contributed by atoms with Crippen LogP contribution in [0.1, 0.15) is 13.8 Å². The van der Waals surface area contributed by atoms with Gasteiger partial charge in [-0.15, -0.1) is 0 Å². The lowest BCUT2D eigenvalue weighted by Crippen LogP contribution is -2.30. The summed E-state index contributed by atoms with van der Waals surface area (Å²) in [6.07, 6.45) is 3.62. The molecule has 2 aromatic carbocycles. The molecule has 0 unspecified atom stereocenters. The Morgan fingerprint density at radius 3 is 2.26 bits per heavy atom. The zero-order valence-electron chi connectivity index (χ0n) is 17.4. The topological polar surface area (TPSA) is 88.1 Å². The van der Waals surface area contributed by atoms with E-state index in [1.165, 1.54) is 0 Å². The first-order valence-electron chi connectivity index (χ1n) is 9.96. The van der Waals surface area contributed by atoms with Gasteiger partial charge in [0.05, 0.1) is 23.0 Å². The number of rotatable bonds is 7. The van der Waals surface area contributed by atoms with Crippen LogP contribution in [0.4, 0.5) is 0 Å². The molecule has 0 spiro atoms. The molecule has 0 aliphatic carbocycles. The van der Waals surface area contributed by atoms with Crippen molar-refractivity contribution in [3.8, 4) is 39.7 Å². The maximum atomic E-state index is 11.2. The van der Waals surface area contributed by atoms with Gasteiger partial charge in [-0.2, -0.15) is 0 Å². The predicted molar refractivity (Wildman–Crippen MR) is 120 cm³/mol. The largest absolute Gasteiger partial charge is 0.492 e. The Balaban J connectivity index is 1.45. The fraction of sp³-hybridized carbons (Fsp3) is 0.160. The number of hydrogen-bond donors (Lipinski definition) is 2. The highest BCUT2D eigenvalue weighted by Gasteiger charge is 2.28. The SMILES string of the molecule is CC(C)(COc1ccc(-c2ccc(-c3ncc(-c4ccccc4)[nH]3)cn2)cc1)C(=O)O. The zero-order chi connectivity index (χ0) is 21.8. The van der Waals surface area contributed by atoms with E-state index < -0.39 is 11.4 Å². The molecule has 0 fully saturated rings. The van der Waals surface area contributed by atoms with E-state index in [2.05, 4.69) is 15.0 Å². The number of aromatic nitrogens is 3. The Morgan fingerprint density at radius 1 is 0.903 bits per heavy atom. The first-order chi connectivity index (χ1) is 14.9. The van der Waals surface area contributed by atoms with Gasteiger partial charge in [-0.3, -0.25) is 9.78 Å². The van der Waals surface area contributed by atoms with Crippen molar-refractivity contribution in [1.82, 2.24) is 15.0 Å². The Bertz CT molecular complexity index is 1160. The van der Waals surface area contributed by atoms with Crippen LogP contribution in [0.15, 0.2) is 79.1 Å². The summed E-state index contributed by atoms with van der Waals surface area (Å²) in [5.41, 5.74) is 3.78. The highest BCUT2D eigenvalue weighted by Crippen LogP contribution is 2.26. The third-order valence-corrected chi connectivity index (χ3v) is 5.03. The normalized spacial score (nSPS) is 11.3. The highest BCUT2D eigenvalue weighted by atomic mass is 16.5. The summed E-state index contributed by atoms with van der Waals surface area (Å²) >= 11 is 0. The second kappa shape index (κ2) is 8.44. The molecule has 2 N–H and O–H groups in total. The Morgan fingerprint density at radius 2 is 1.61 bits per heavy atom. The van der Waals surface area contributed by atoms with E-state index in [0.717, 1.165) is 33.9 Å². The molecule has 2 aromatic heterocycles. The smallest absolute Gasteiger partial charge is 0.312 e. The third-order valence-electron chi connectivity index (χ3n) is 5.03. The van der Waals surface area contributed by atoms with Gasteiger partial charge in [0.1, 0.15) is 18.2 Å². The molecule has 4 aromatic rings. The molecule has 0 amide bonds. The highest BCUT2D eigenvalue weighted by molar-refractivity contribution is 5.73. The number of nitrogens with one attached hydrogen (secondary N) is 1. The number of carboxylic acids is 1. The van der Waals surface area contributed by atoms with Crippen LogP contribution in [0, 0.1) is 5.41 Å². The summed E-state index contributed by atoms with van der Waals surface area (Å²) in [7, 11) is 0. The standard InChI is InChI=1S/C25H23N3O3/c1-25(2,24(29)30)16-31-20-11-8-18(9-12-20)21-13-10-19(14-26-21)23-27-15-22(28-23)17-6-4-3-5-7-17/h3-15H,16H2,1-2H3,(H,27,28)(H,29,30). The Labute approximate surface area is 180 Å². The number of aliphatic carboxylic acids is 1. The molecule has 0 saturated heterocycles. The van der Waals surface area contributed by atoms with Crippen molar-refractivity contribution in [1.29, 1.82) is 0 Å². The molecule has 0 aliphatic heterocycles. The van der Waals surface area contributed by atoms with Gasteiger partial charge in [0.25, 0.3) is 0 Å². The molecular formula is C25H23N3O3. The fourth-order valence-corrected chi connectivity index (χ4v) is 2.98. The van der Waals surface area contributed by atoms with E-state index >= 15 is 0 Å². The number of pyridine rings is 1. The maximum absolute atomic E-state index is 11.2. The Hall–Kier alpha value is -3.93. The molecule has 31 heavy (non-hydrogen) atoms. The quantitative estimate of drug-likeness (QED) is 0.429. The number of benzene rings is 2. The lowest BCUT2D eigenvalue weighted by molar-refractivity contribution is -0.148. The van der Waals surface area contributed by atoms with Crippen LogP contribution in [0.3, 0.4) is 0 Å². The number of nitrogens with zero attached hydrogens (tertiary/aromatic N) is 2. The van der Waals surface area contributed by atoms with Crippen molar-refractivity contribution < 1.29 is 14.6 Å². The summed E-state index contributed by atoms with van der Waals surface area (Å²) in [6.45, 7) is 3.37. The van der Waals surface area contributed by atoms with Crippen molar-refractivity contribution in [3.05, 3.63) is 79.1 Å². The molecule has 156 valence electrons. The van der Waals surface area contributed by atoms with Gasteiger partial charge in [-0.1, -0.05) is 30.3 Å². The summed E-state index contributed by atoms with van der Waals surface area (Å²) in [4.78, 5) is 23.6. The van der Waals surface area contributed by atoms with E-state index in [1.807, 2.05) is 72.9 Å². The average molecular weight is 413 g/mol. The van der Waals surface area contributed by atoms with Crippen LogP contribution in [-0.2, 0) is 4.79 Å². The lowest BCUT2D eigenvalue weighted by Gasteiger charge is -2.19. The predicted octanol–water partition coefficient (Wildman–Crippen LogP) is 5.30. The number of H-pyrrole nitrogens is 1. The van der Waals surface area contributed by atoms with Gasteiger partial charge in [-0.25, -0.2) is 4.98 Å². The van der Waals surface area contributed by atoms with Gasteiger partial charge >= 0.3 is 5.97 Å². The number of carboxylic acid groups (broad SMARTS) is 1. The minimum absolute atomic E-state index is 0.0999. The second-order valence-corrected chi connectivity index (χ2v) is 7.95. The zero-order valence-corrected chi connectivity index (χ0v) is 17.4. The number of aromatic amines is 1. The molecule has 0 radical (unpaired) electrons. The monoisotopic (exact) mass is 413 g/mol. The average Bonchev–Trinajstić information content (AvgIpc) is 3.29. The van der Waals surface area contributed by atoms with Crippen LogP contribution in [0.25, 0.3) is 33.9 Å². The molecule has 0 aliphatic rings. The Kier molecular flexibility index (Phi) is 5.54. The van der Waals surface area contributed by atoms with Crippen molar-refractivity contribution in [3.63, 3.8) is 0 Å². The minimum atomic E-state index is -0.942. The molecule has 0 bridgehead atoms. The van der Waals surface area contributed by atoms with E-state index in [4.69, 9.17) is 4.74 Å². The van der Waals surface area contributed by atoms with Crippen molar-refractivity contribution >= 4 is 5.97 Å². The van der Waals surface area contributed by atoms with Crippen LogP contribution in [-0.4, -0.2) is 32.6 Å². The van der Waals surface area contributed by atoms with Gasteiger partial charge in [0.2, 0.25) is 0 Å². The minimum Gasteiger partial charge on any atom is -0.492 e. The number of ether oxygens (including phenoxy) is 1. The van der Waals surface area contributed by atoms with Crippen molar-refractivity contribution in [2.75, 3.05) is 6.61 Å². The van der Waals surface area contributed by atoms with Crippen molar-refractivity contribution in [2.24, 2.45) is 5.41 Å². The molecule has 0 atom stereocenters. The van der Waals surface area contributed by atoms with Gasteiger partial charge < -0.3 is 14.8 Å². The number of imidazole rings is 1.